The van der Waals surface area contributed by atoms with E-state index in [1.165, 1.54) is 24.6 Å². The van der Waals surface area contributed by atoms with Crippen LogP contribution in [0.5, 0.6) is 0 Å². The predicted octanol–water partition coefficient (Wildman–Crippen LogP) is 4.80. The first-order chi connectivity index (χ1) is 12.1. The molecule has 25 heavy (non-hydrogen) atoms. The molecule has 0 unspecified atom stereocenters. The SMILES string of the molecule is CCCCc1ccc(N/C=C(/C#N)C(=O)Nc2ccccc2C)cc1. The highest BCUT2D eigenvalue weighted by atomic mass is 16.1. The maximum absolute atomic E-state index is 12.2. The fraction of sp³-hybridized carbons (Fsp3) is 0.238. The average Bonchev–Trinajstić information content (AvgIpc) is 2.63. The summed E-state index contributed by atoms with van der Waals surface area (Å²) in [6, 6.07) is 17.4. The Morgan fingerprint density at radius 2 is 1.88 bits per heavy atom. The molecule has 4 heteroatoms. The number of carbonyl (C=O) groups excluding carboxylic acids is 1. The van der Waals surface area contributed by atoms with Crippen molar-refractivity contribution in [2.45, 2.75) is 33.1 Å². The van der Waals surface area contributed by atoms with Crippen LogP contribution in [0.1, 0.15) is 30.9 Å². The zero-order valence-corrected chi connectivity index (χ0v) is 14.7. The number of hydrogen-bond donors (Lipinski definition) is 2. The molecule has 0 aliphatic heterocycles. The minimum Gasteiger partial charge on any atom is -0.360 e. The predicted molar refractivity (Wildman–Crippen MR) is 102 cm³/mol. The van der Waals surface area contributed by atoms with Gasteiger partial charge in [0, 0.05) is 17.6 Å². The van der Waals surface area contributed by atoms with Gasteiger partial charge in [-0.1, -0.05) is 43.7 Å². The first-order valence-corrected chi connectivity index (χ1v) is 8.46. The smallest absolute Gasteiger partial charge is 0.267 e. The summed E-state index contributed by atoms with van der Waals surface area (Å²) in [7, 11) is 0. The third-order valence-electron chi connectivity index (χ3n) is 3.91. The van der Waals surface area contributed by atoms with E-state index in [9.17, 15) is 10.1 Å². The lowest BCUT2D eigenvalue weighted by Crippen LogP contribution is -2.15. The van der Waals surface area contributed by atoms with Gasteiger partial charge in [-0.2, -0.15) is 5.26 Å². The van der Waals surface area contributed by atoms with Gasteiger partial charge in [0.25, 0.3) is 5.91 Å². The molecule has 0 bridgehead atoms. The van der Waals surface area contributed by atoms with Crippen molar-refractivity contribution in [3.8, 4) is 6.07 Å². The fourth-order valence-corrected chi connectivity index (χ4v) is 2.36. The fourth-order valence-electron chi connectivity index (χ4n) is 2.36. The molecule has 0 aliphatic carbocycles. The van der Waals surface area contributed by atoms with Gasteiger partial charge in [-0.15, -0.1) is 0 Å². The van der Waals surface area contributed by atoms with Gasteiger partial charge in [-0.25, -0.2) is 0 Å². The number of nitriles is 1. The quantitative estimate of drug-likeness (QED) is 0.565. The number of carbonyl (C=O) groups is 1. The van der Waals surface area contributed by atoms with Gasteiger partial charge in [0.2, 0.25) is 0 Å². The van der Waals surface area contributed by atoms with Gasteiger partial charge in [-0.05, 0) is 49.1 Å². The Hall–Kier alpha value is -3.06. The van der Waals surface area contributed by atoms with Crippen molar-refractivity contribution < 1.29 is 4.79 Å². The van der Waals surface area contributed by atoms with E-state index in [0.717, 1.165) is 17.7 Å². The highest BCUT2D eigenvalue weighted by Crippen LogP contribution is 2.15. The summed E-state index contributed by atoms with van der Waals surface area (Å²) in [5.74, 6) is -0.427. The number of benzene rings is 2. The van der Waals surface area contributed by atoms with E-state index in [0.29, 0.717) is 5.69 Å². The Morgan fingerprint density at radius 3 is 2.52 bits per heavy atom. The highest BCUT2D eigenvalue weighted by Gasteiger charge is 2.10. The normalized spacial score (nSPS) is 10.8. The second-order valence-electron chi connectivity index (χ2n) is 5.88. The molecule has 2 rings (SSSR count). The highest BCUT2D eigenvalue weighted by molar-refractivity contribution is 6.07. The molecule has 0 heterocycles. The van der Waals surface area contributed by atoms with Crippen LogP contribution < -0.4 is 10.6 Å². The van der Waals surface area contributed by atoms with E-state index in [1.807, 2.05) is 49.4 Å². The van der Waals surface area contributed by atoms with Crippen LogP contribution in [0.15, 0.2) is 60.3 Å². The van der Waals surface area contributed by atoms with Crippen LogP contribution in [-0.2, 0) is 11.2 Å². The molecule has 0 fully saturated rings. The molecule has 0 radical (unpaired) electrons. The molecule has 0 spiro atoms. The molecular formula is C21H23N3O. The number of anilines is 2. The summed E-state index contributed by atoms with van der Waals surface area (Å²) in [5.41, 5.74) is 3.81. The molecule has 4 nitrogen and oxygen atoms in total. The van der Waals surface area contributed by atoms with Crippen LogP contribution in [0.3, 0.4) is 0 Å². The summed E-state index contributed by atoms with van der Waals surface area (Å²) in [5, 5.41) is 15.0. The number of amides is 1. The van der Waals surface area contributed by atoms with E-state index in [1.54, 1.807) is 0 Å². The summed E-state index contributed by atoms with van der Waals surface area (Å²) in [6.07, 6.45) is 4.85. The molecule has 0 aliphatic rings. The Kier molecular flexibility index (Phi) is 6.79. The van der Waals surface area contributed by atoms with Gasteiger partial charge < -0.3 is 10.6 Å². The molecule has 0 aromatic heterocycles. The Labute approximate surface area is 149 Å². The number of rotatable bonds is 7. The summed E-state index contributed by atoms with van der Waals surface area (Å²) in [6.45, 7) is 4.08. The largest absolute Gasteiger partial charge is 0.360 e. The van der Waals surface area contributed by atoms with Crippen LogP contribution in [0, 0.1) is 18.3 Å². The van der Waals surface area contributed by atoms with Crippen molar-refractivity contribution in [1.29, 1.82) is 5.26 Å². The number of nitrogens with zero attached hydrogens (tertiary/aromatic N) is 1. The summed E-state index contributed by atoms with van der Waals surface area (Å²) >= 11 is 0. The second-order valence-corrected chi connectivity index (χ2v) is 5.88. The van der Waals surface area contributed by atoms with Crippen molar-refractivity contribution in [2.75, 3.05) is 10.6 Å². The van der Waals surface area contributed by atoms with Crippen molar-refractivity contribution in [2.24, 2.45) is 0 Å². The molecule has 1 amide bonds. The van der Waals surface area contributed by atoms with Crippen molar-refractivity contribution in [3.63, 3.8) is 0 Å². The van der Waals surface area contributed by atoms with Crippen LogP contribution in [0.25, 0.3) is 0 Å². The van der Waals surface area contributed by atoms with E-state index in [2.05, 4.69) is 29.7 Å². The lowest BCUT2D eigenvalue weighted by atomic mass is 10.1. The van der Waals surface area contributed by atoms with Crippen molar-refractivity contribution >= 4 is 17.3 Å². The van der Waals surface area contributed by atoms with Crippen LogP contribution in [0.2, 0.25) is 0 Å². The van der Waals surface area contributed by atoms with E-state index in [4.69, 9.17) is 0 Å². The van der Waals surface area contributed by atoms with E-state index in [-0.39, 0.29) is 5.57 Å². The average molecular weight is 333 g/mol. The second kappa shape index (κ2) is 9.29. The van der Waals surface area contributed by atoms with Crippen LogP contribution >= 0.6 is 0 Å². The van der Waals surface area contributed by atoms with Crippen LogP contribution in [0.4, 0.5) is 11.4 Å². The zero-order valence-electron chi connectivity index (χ0n) is 14.7. The topological polar surface area (TPSA) is 64.9 Å². The lowest BCUT2D eigenvalue weighted by molar-refractivity contribution is -0.112. The summed E-state index contributed by atoms with van der Waals surface area (Å²) in [4.78, 5) is 12.2. The number of hydrogen-bond acceptors (Lipinski definition) is 3. The number of nitrogens with one attached hydrogen (secondary N) is 2. The molecule has 0 saturated carbocycles. The summed E-state index contributed by atoms with van der Waals surface area (Å²) < 4.78 is 0. The minimum atomic E-state index is -0.427. The third-order valence-corrected chi connectivity index (χ3v) is 3.91. The Balaban J connectivity index is 2.01. The first-order valence-electron chi connectivity index (χ1n) is 8.46. The first kappa shape index (κ1) is 18.3. The lowest BCUT2D eigenvalue weighted by Gasteiger charge is -2.08. The number of para-hydroxylation sites is 1. The monoisotopic (exact) mass is 333 g/mol. The van der Waals surface area contributed by atoms with Gasteiger partial charge in [0.15, 0.2) is 0 Å². The van der Waals surface area contributed by atoms with Crippen molar-refractivity contribution in [3.05, 3.63) is 71.4 Å². The zero-order chi connectivity index (χ0) is 18.1. The number of unbranched alkanes of at least 4 members (excludes halogenated alkanes) is 1. The number of aryl methyl sites for hydroxylation is 2. The molecule has 128 valence electrons. The third kappa shape index (κ3) is 5.50. The molecule has 2 N–H and O–H groups in total. The molecule has 0 atom stereocenters. The standard InChI is InChI=1S/C21H23N3O/c1-3-4-8-17-10-12-19(13-11-17)23-15-18(14-22)21(25)24-20-9-6-5-7-16(20)2/h5-7,9-13,15,23H,3-4,8H2,1-2H3,(H,24,25)/b18-15-. The molecule has 2 aromatic carbocycles. The van der Waals surface area contributed by atoms with Gasteiger partial charge in [0.05, 0.1) is 0 Å². The Morgan fingerprint density at radius 1 is 1.16 bits per heavy atom. The maximum atomic E-state index is 12.2. The van der Waals surface area contributed by atoms with E-state index >= 15 is 0 Å². The molecule has 2 aromatic rings. The van der Waals surface area contributed by atoms with Gasteiger partial charge >= 0.3 is 0 Å². The molecule has 0 saturated heterocycles. The van der Waals surface area contributed by atoms with Gasteiger partial charge in [0.1, 0.15) is 11.6 Å². The van der Waals surface area contributed by atoms with Crippen LogP contribution in [-0.4, -0.2) is 5.91 Å². The van der Waals surface area contributed by atoms with Crippen molar-refractivity contribution in [1.82, 2.24) is 0 Å². The molecular weight excluding hydrogens is 310 g/mol. The Bertz CT molecular complexity index is 786. The minimum absolute atomic E-state index is 0.0262. The maximum Gasteiger partial charge on any atom is 0.267 e. The van der Waals surface area contributed by atoms with E-state index < -0.39 is 5.91 Å². The van der Waals surface area contributed by atoms with Gasteiger partial charge in [-0.3, -0.25) is 4.79 Å².